The monoisotopic (exact) mass is 327 g/mol. The molecular formula is C18H14ClNO3. The zero-order valence-electron chi connectivity index (χ0n) is 12.5. The van der Waals surface area contributed by atoms with Gasteiger partial charge in [0.2, 0.25) is 0 Å². The van der Waals surface area contributed by atoms with Gasteiger partial charge in [-0.25, -0.2) is 4.98 Å². The van der Waals surface area contributed by atoms with Gasteiger partial charge in [0.15, 0.2) is 11.5 Å². The Balaban J connectivity index is 1.86. The highest BCUT2D eigenvalue weighted by molar-refractivity contribution is 6.30. The molecule has 5 heteroatoms. The van der Waals surface area contributed by atoms with Gasteiger partial charge in [0.25, 0.3) is 0 Å². The van der Waals surface area contributed by atoms with Crippen molar-refractivity contribution >= 4 is 28.8 Å². The zero-order valence-corrected chi connectivity index (χ0v) is 13.2. The fourth-order valence-corrected chi connectivity index (χ4v) is 2.47. The van der Waals surface area contributed by atoms with Gasteiger partial charge in [-0.15, -0.1) is 0 Å². The van der Waals surface area contributed by atoms with E-state index in [1.807, 2.05) is 30.3 Å². The lowest BCUT2D eigenvalue weighted by Gasteiger charge is -2.12. The molecule has 116 valence electrons. The molecule has 0 atom stereocenters. The van der Waals surface area contributed by atoms with Crippen LogP contribution in [0.5, 0.6) is 11.5 Å². The fraction of sp³-hybridized carbons (Fsp3) is 0.111. The normalized spacial score (nSPS) is 10.5. The van der Waals surface area contributed by atoms with E-state index in [2.05, 4.69) is 4.98 Å². The third-order valence-electron chi connectivity index (χ3n) is 3.46. The Bertz CT molecular complexity index is 864. The van der Waals surface area contributed by atoms with Crippen molar-refractivity contribution in [1.29, 1.82) is 0 Å². The van der Waals surface area contributed by atoms with Crippen LogP contribution in [0.4, 0.5) is 0 Å². The number of hydrogen-bond acceptors (Lipinski definition) is 4. The lowest BCUT2D eigenvalue weighted by molar-refractivity contribution is 0.112. The number of pyridine rings is 1. The van der Waals surface area contributed by atoms with Gasteiger partial charge < -0.3 is 9.47 Å². The number of para-hydroxylation sites is 1. The Hall–Kier alpha value is -2.59. The van der Waals surface area contributed by atoms with Crippen molar-refractivity contribution in [2.45, 2.75) is 6.61 Å². The second-order valence-electron chi connectivity index (χ2n) is 4.95. The highest BCUT2D eigenvalue weighted by Gasteiger charge is 2.09. The molecular weight excluding hydrogens is 314 g/mol. The van der Waals surface area contributed by atoms with Crippen molar-refractivity contribution < 1.29 is 14.3 Å². The average Bonchev–Trinajstić information content (AvgIpc) is 2.59. The van der Waals surface area contributed by atoms with Gasteiger partial charge in [-0.2, -0.15) is 0 Å². The first kappa shape index (κ1) is 15.3. The van der Waals surface area contributed by atoms with E-state index in [9.17, 15) is 4.79 Å². The van der Waals surface area contributed by atoms with E-state index in [1.165, 1.54) is 7.11 Å². The minimum Gasteiger partial charge on any atom is -0.493 e. The topological polar surface area (TPSA) is 48.4 Å². The molecule has 0 aliphatic heterocycles. The van der Waals surface area contributed by atoms with Crippen LogP contribution >= 0.6 is 11.6 Å². The lowest BCUT2D eigenvalue weighted by atomic mass is 10.1. The van der Waals surface area contributed by atoms with Crippen molar-refractivity contribution in [3.8, 4) is 11.5 Å². The van der Waals surface area contributed by atoms with E-state index < -0.39 is 0 Å². The quantitative estimate of drug-likeness (QED) is 0.518. The first-order chi connectivity index (χ1) is 11.2. The van der Waals surface area contributed by atoms with Gasteiger partial charge in [0.05, 0.1) is 12.6 Å². The molecule has 1 aromatic heterocycles. The molecule has 0 aliphatic carbocycles. The molecule has 0 radical (unpaired) electrons. The maximum atomic E-state index is 10.8. The van der Waals surface area contributed by atoms with E-state index in [0.29, 0.717) is 22.2 Å². The van der Waals surface area contributed by atoms with Crippen LogP contribution in [0, 0.1) is 0 Å². The van der Waals surface area contributed by atoms with E-state index in [0.717, 1.165) is 22.8 Å². The minimum absolute atomic E-state index is 0.257. The predicted octanol–water partition coefficient (Wildman–Crippen LogP) is 4.29. The first-order valence-corrected chi connectivity index (χ1v) is 7.39. The molecule has 0 bridgehead atoms. The summed E-state index contributed by atoms with van der Waals surface area (Å²) >= 11 is 6.22. The fourth-order valence-electron chi connectivity index (χ4n) is 2.27. The number of carbonyl (C=O) groups excluding carboxylic acids is 1. The number of aromatic nitrogens is 1. The molecule has 0 saturated carbocycles. The van der Waals surface area contributed by atoms with Gasteiger partial charge in [-0.3, -0.25) is 4.79 Å². The summed E-state index contributed by atoms with van der Waals surface area (Å²) in [6.07, 6.45) is 0.760. The molecule has 23 heavy (non-hydrogen) atoms. The van der Waals surface area contributed by atoms with Gasteiger partial charge in [-0.1, -0.05) is 29.8 Å². The van der Waals surface area contributed by atoms with E-state index in [1.54, 1.807) is 18.2 Å². The number of methoxy groups -OCH3 is 1. The summed E-state index contributed by atoms with van der Waals surface area (Å²) in [5.74, 6) is 1.04. The van der Waals surface area contributed by atoms with Crippen molar-refractivity contribution in [2.24, 2.45) is 0 Å². The highest BCUT2D eigenvalue weighted by atomic mass is 35.5. The SMILES string of the molecule is COc1cc(C=O)ccc1OCc1cc2ccccc2nc1Cl. The smallest absolute Gasteiger partial charge is 0.161 e. The second kappa shape index (κ2) is 6.67. The van der Waals surface area contributed by atoms with Gasteiger partial charge in [0.1, 0.15) is 18.0 Å². The Kier molecular flexibility index (Phi) is 4.44. The molecule has 4 nitrogen and oxygen atoms in total. The second-order valence-corrected chi connectivity index (χ2v) is 5.31. The molecule has 0 unspecified atom stereocenters. The number of rotatable bonds is 5. The molecule has 0 aliphatic rings. The predicted molar refractivity (Wildman–Crippen MR) is 89.5 cm³/mol. The van der Waals surface area contributed by atoms with Crippen LogP contribution in [-0.4, -0.2) is 18.4 Å². The van der Waals surface area contributed by atoms with Crippen molar-refractivity contribution in [1.82, 2.24) is 4.98 Å². The Morgan fingerprint density at radius 1 is 1.13 bits per heavy atom. The molecule has 3 aromatic rings. The summed E-state index contributed by atoms with van der Waals surface area (Å²) in [6, 6.07) is 14.7. The number of ether oxygens (including phenoxy) is 2. The third-order valence-corrected chi connectivity index (χ3v) is 3.78. The van der Waals surface area contributed by atoms with E-state index in [4.69, 9.17) is 21.1 Å². The summed E-state index contributed by atoms with van der Waals surface area (Å²) in [5.41, 5.74) is 2.15. The molecule has 0 fully saturated rings. The largest absolute Gasteiger partial charge is 0.493 e. The maximum absolute atomic E-state index is 10.8. The van der Waals surface area contributed by atoms with Gasteiger partial charge >= 0.3 is 0 Å². The van der Waals surface area contributed by atoms with Crippen molar-refractivity contribution in [2.75, 3.05) is 7.11 Å². The van der Waals surface area contributed by atoms with Crippen LogP contribution in [0.1, 0.15) is 15.9 Å². The Labute approximate surface area is 138 Å². The number of benzene rings is 2. The van der Waals surface area contributed by atoms with Crippen LogP contribution in [-0.2, 0) is 6.61 Å². The van der Waals surface area contributed by atoms with E-state index in [-0.39, 0.29) is 6.61 Å². The average molecular weight is 328 g/mol. The molecule has 1 heterocycles. The van der Waals surface area contributed by atoms with Crippen LogP contribution < -0.4 is 9.47 Å². The Morgan fingerprint density at radius 3 is 2.74 bits per heavy atom. The molecule has 3 rings (SSSR count). The number of hydrogen-bond donors (Lipinski definition) is 0. The van der Waals surface area contributed by atoms with Crippen LogP contribution in [0.2, 0.25) is 5.15 Å². The summed E-state index contributed by atoms with van der Waals surface area (Å²) < 4.78 is 11.0. The zero-order chi connectivity index (χ0) is 16.2. The number of nitrogens with zero attached hydrogens (tertiary/aromatic N) is 1. The Morgan fingerprint density at radius 2 is 1.96 bits per heavy atom. The standard InChI is InChI=1S/C18H14ClNO3/c1-22-17-8-12(10-21)6-7-16(17)23-11-14-9-13-4-2-3-5-15(13)20-18(14)19/h2-10H,11H2,1H3. The molecule has 0 saturated heterocycles. The van der Waals surface area contributed by atoms with Crippen LogP contribution in [0.3, 0.4) is 0 Å². The van der Waals surface area contributed by atoms with Crippen molar-refractivity contribution in [3.05, 3.63) is 64.8 Å². The minimum atomic E-state index is 0.257. The first-order valence-electron chi connectivity index (χ1n) is 7.01. The molecule has 0 N–H and O–H groups in total. The van der Waals surface area contributed by atoms with Crippen molar-refractivity contribution in [3.63, 3.8) is 0 Å². The molecule has 2 aromatic carbocycles. The van der Waals surface area contributed by atoms with Crippen LogP contribution in [0.25, 0.3) is 10.9 Å². The number of fused-ring (bicyclic) bond motifs is 1. The number of aldehydes is 1. The number of halogens is 1. The lowest BCUT2D eigenvalue weighted by Crippen LogP contribution is -2.00. The third kappa shape index (κ3) is 3.27. The summed E-state index contributed by atoms with van der Waals surface area (Å²) in [6.45, 7) is 0.257. The summed E-state index contributed by atoms with van der Waals surface area (Å²) in [4.78, 5) is 15.2. The highest BCUT2D eigenvalue weighted by Crippen LogP contribution is 2.29. The summed E-state index contributed by atoms with van der Waals surface area (Å²) in [5, 5.41) is 1.41. The maximum Gasteiger partial charge on any atom is 0.161 e. The van der Waals surface area contributed by atoms with Gasteiger partial charge in [-0.05, 0) is 30.3 Å². The number of carbonyl (C=O) groups is 1. The van der Waals surface area contributed by atoms with Crippen LogP contribution in [0.15, 0.2) is 48.5 Å². The molecule has 0 spiro atoms. The van der Waals surface area contributed by atoms with Gasteiger partial charge in [0, 0.05) is 16.5 Å². The van der Waals surface area contributed by atoms with E-state index >= 15 is 0 Å². The molecule has 0 amide bonds. The summed E-state index contributed by atoms with van der Waals surface area (Å²) in [7, 11) is 1.53.